The summed E-state index contributed by atoms with van der Waals surface area (Å²) in [5, 5.41) is 10.2. The monoisotopic (exact) mass is 387 g/mol. The van der Waals surface area contributed by atoms with Crippen molar-refractivity contribution >= 4 is 5.78 Å². The van der Waals surface area contributed by atoms with E-state index in [1.165, 1.54) is 12.0 Å². The Morgan fingerprint density at radius 3 is 2.68 bits per heavy atom. The maximum atomic E-state index is 13.5. The average molecular weight is 388 g/mol. The average Bonchev–Trinajstić information content (AvgIpc) is 2.94. The normalized spacial score (nSPS) is 49.2. The van der Waals surface area contributed by atoms with Crippen molar-refractivity contribution in [1.82, 2.24) is 4.90 Å². The number of hydrogen-bond donors (Lipinski definition) is 1. The van der Waals surface area contributed by atoms with Crippen molar-refractivity contribution in [3.05, 3.63) is 11.6 Å². The molecule has 0 spiro atoms. The van der Waals surface area contributed by atoms with Gasteiger partial charge in [0, 0.05) is 31.0 Å². The van der Waals surface area contributed by atoms with E-state index in [-0.39, 0.29) is 22.9 Å². The number of ether oxygens (including phenoxy) is 1. The Labute approximate surface area is 169 Å². The minimum atomic E-state index is -0.143. The predicted octanol–water partition coefficient (Wildman–Crippen LogP) is 3.44. The second-order valence-electron chi connectivity index (χ2n) is 10.8. The highest BCUT2D eigenvalue weighted by Gasteiger charge is 2.61. The molecule has 4 heteroatoms. The number of carbonyl (C=O) groups is 1. The summed E-state index contributed by atoms with van der Waals surface area (Å²) in [4.78, 5) is 16.0. The second kappa shape index (κ2) is 6.92. The van der Waals surface area contributed by atoms with Crippen LogP contribution >= 0.6 is 0 Å². The van der Waals surface area contributed by atoms with Gasteiger partial charge in [-0.3, -0.25) is 9.69 Å². The molecule has 7 atom stereocenters. The van der Waals surface area contributed by atoms with Gasteiger partial charge in [0.15, 0.2) is 0 Å². The van der Waals surface area contributed by atoms with Crippen LogP contribution in [0.25, 0.3) is 0 Å². The smallest absolute Gasteiger partial charge is 0.143 e. The lowest BCUT2D eigenvalue weighted by atomic mass is 9.48. The number of ketones is 1. The molecule has 3 saturated carbocycles. The van der Waals surface area contributed by atoms with Crippen LogP contribution in [0.2, 0.25) is 0 Å². The third-order valence-corrected chi connectivity index (χ3v) is 9.52. The zero-order valence-corrected chi connectivity index (χ0v) is 17.7. The van der Waals surface area contributed by atoms with Crippen LogP contribution < -0.4 is 0 Å². The summed E-state index contributed by atoms with van der Waals surface area (Å²) >= 11 is 0. The van der Waals surface area contributed by atoms with Crippen LogP contribution in [0.1, 0.15) is 58.8 Å². The van der Waals surface area contributed by atoms with Gasteiger partial charge < -0.3 is 9.84 Å². The van der Waals surface area contributed by atoms with Crippen LogP contribution in [0.4, 0.5) is 0 Å². The van der Waals surface area contributed by atoms with Crippen molar-refractivity contribution in [3.63, 3.8) is 0 Å². The third-order valence-electron chi connectivity index (χ3n) is 9.52. The number of rotatable bonds is 2. The van der Waals surface area contributed by atoms with Gasteiger partial charge in [-0.2, -0.15) is 0 Å². The molecule has 0 aromatic heterocycles. The van der Waals surface area contributed by atoms with Crippen molar-refractivity contribution in [1.29, 1.82) is 0 Å². The van der Waals surface area contributed by atoms with E-state index in [0.717, 1.165) is 71.4 Å². The van der Waals surface area contributed by atoms with Crippen LogP contribution in [0.5, 0.6) is 0 Å². The number of morpholine rings is 1. The predicted molar refractivity (Wildman–Crippen MR) is 109 cm³/mol. The lowest BCUT2D eigenvalue weighted by Crippen LogP contribution is -2.50. The van der Waals surface area contributed by atoms with Crippen molar-refractivity contribution in [2.24, 2.45) is 34.5 Å². The molecule has 0 amide bonds. The molecule has 0 radical (unpaired) electrons. The van der Waals surface area contributed by atoms with Gasteiger partial charge in [0.2, 0.25) is 0 Å². The summed E-state index contributed by atoms with van der Waals surface area (Å²) in [5.74, 6) is 2.68. The van der Waals surface area contributed by atoms with Gasteiger partial charge in [-0.05, 0) is 68.1 Å². The molecular weight excluding hydrogens is 350 g/mol. The molecule has 4 aliphatic carbocycles. The largest absolute Gasteiger partial charge is 0.393 e. The molecule has 0 unspecified atom stereocenters. The van der Waals surface area contributed by atoms with E-state index in [4.69, 9.17) is 4.74 Å². The van der Waals surface area contributed by atoms with Crippen molar-refractivity contribution < 1.29 is 14.6 Å². The summed E-state index contributed by atoms with van der Waals surface area (Å²) in [5.41, 5.74) is 1.67. The second-order valence-corrected chi connectivity index (χ2v) is 10.8. The number of fused-ring (bicyclic) bond motifs is 5. The van der Waals surface area contributed by atoms with Gasteiger partial charge in [-0.25, -0.2) is 0 Å². The fourth-order valence-electron chi connectivity index (χ4n) is 7.84. The maximum absolute atomic E-state index is 13.5. The molecule has 5 rings (SSSR count). The van der Waals surface area contributed by atoms with Gasteiger partial charge in [0.25, 0.3) is 0 Å². The molecule has 0 aromatic rings. The first-order valence-corrected chi connectivity index (χ1v) is 11.6. The van der Waals surface area contributed by atoms with E-state index in [1.54, 1.807) is 0 Å². The summed E-state index contributed by atoms with van der Waals surface area (Å²) < 4.78 is 5.49. The number of carbonyl (C=O) groups excluding carboxylic acids is 1. The van der Waals surface area contributed by atoms with Crippen LogP contribution in [-0.2, 0) is 9.53 Å². The highest BCUT2D eigenvalue weighted by atomic mass is 16.5. The Balaban J connectivity index is 1.38. The fraction of sp³-hybridized carbons (Fsp3) is 0.875. The van der Waals surface area contributed by atoms with E-state index in [0.29, 0.717) is 23.5 Å². The molecule has 1 heterocycles. The molecule has 156 valence electrons. The Morgan fingerprint density at radius 2 is 1.89 bits per heavy atom. The lowest BCUT2D eigenvalue weighted by molar-refractivity contribution is -0.134. The topological polar surface area (TPSA) is 49.8 Å². The van der Waals surface area contributed by atoms with Gasteiger partial charge in [0.05, 0.1) is 19.3 Å². The molecule has 28 heavy (non-hydrogen) atoms. The Hall–Kier alpha value is -0.710. The molecule has 0 bridgehead atoms. The highest BCUT2D eigenvalue weighted by molar-refractivity contribution is 5.89. The number of hydrogen-bond acceptors (Lipinski definition) is 4. The molecule has 4 fully saturated rings. The van der Waals surface area contributed by atoms with Crippen molar-refractivity contribution in [3.8, 4) is 0 Å². The van der Waals surface area contributed by atoms with Crippen LogP contribution in [0, 0.1) is 34.5 Å². The van der Waals surface area contributed by atoms with Gasteiger partial charge >= 0.3 is 0 Å². The molecule has 5 aliphatic rings. The van der Waals surface area contributed by atoms with E-state index in [2.05, 4.69) is 24.8 Å². The summed E-state index contributed by atoms with van der Waals surface area (Å²) in [7, 11) is 0. The van der Waals surface area contributed by atoms with Crippen LogP contribution in [0.3, 0.4) is 0 Å². The highest BCUT2D eigenvalue weighted by Crippen LogP contribution is 2.64. The Kier molecular flexibility index (Phi) is 4.76. The zero-order chi connectivity index (χ0) is 19.5. The lowest BCUT2D eigenvalue weighted by Gasteiger charge is -2.56. The molecule has 1 aliphatic heterocycles. The first-order valence-electron chi connectivity index (χ1n) is 11.6. The minimum Gasteiger partial charge on any atom is -0.393 e. The SMILES string of the molecule is C[C@@]12CC[C@H]3[C@@H](CC=C4C[C@@H](O)CC[C@@]43C)[C@H]1C[C@H](CN1CCOCC1)C2=O. The van der Waals surface area contributed by atoms with Gasteiger partial charge in [-0.1, -0.05) is 25.5 Å². The molecule has 1 saturated heterocycles. The quantitative estimate of drug-likeness (QED) is 0.738. The van der Waals surface area contributed by atoms with E-state index in [9.17, 15) is 9.90 Å². The number of aliphatic hydroxyl groups excluding tert-OH is 1. The van der Waals surface area contributed by atoms with Gasteiger partial charge in [0.1, 0.15) is 5.78 Å². The fourth-order valence-corrected chi connectivity index (χ4v) is 7.84. The zero-order valence-electron chi connectivity index (χ0n) is 17.7. The first kappa shape index (κ1) is 19.3. The molecule has 0 aromatic carbocycles. The molecular formula is C24H37NO3. The third kappa shape index (κ3) is 2.86. The molecule has 4 nitrogen and oxygen atoms in total. The Bertz CT molecular complexity index is 669. The number of aliphatic hydroxyl groups is 1. The summed E-state index contributed by atoms with van der Waals surface area (Å²) in [6.07, 6.45) is 9.74. The van der Waals surface area contributed by atoms with E-state index < -0.39 is 0 Å². The van der Waals surface area contributed by atoms with Crippen LogP contribution in [0.15, 0.2) is 11.6 Å². The van der Waals surface area contributed by atoms with Gasteiger partial charge in [-0.15, -0.1) is 0 Å². The number of nitrogens with zero attached hydrogens (tertiary/aromatic N) is 1. The number of Topliss-reactive ketones (excluding diaryl/α,β-unsaturated/α-hetero) is 1. The van der Waals surface area contributed by atoms with Crippen molar-refractivity contribution in [2.45, 2.75) is 64.9 Å². The van der Waals surface area contributed by atoms with E-state index in [1.807, 2.05) is 0 Å². The van der Waals surface area contributed by atoms with E-state index >= 15 is 0 Å². The summed E-state index contributed by atoms with van der Waals surface area (Å²) in [6, 6.07) is 0. The standard InChI is InChI=1S/C24H37NO3/c1-23-7-5-18(26)14-17(23)3-4-19-20(23)6-8-24(2)21(19)13-16(22(24)27)15-25-9-11-28-12-10-25/h3,16,18-21,26H,4-15H2,1-2H3/t16-,18+,19-,20+,21-,23+,24-/m1/s1. The Morgan fingerprint density at radius 1 is 1.14 bits per heavy atom. The van der Waals surface area contributed by atoms with Crippen molar-refractivity contribution in [2.75, 3.05) is 32.8 Å². The minimum absolute atomic E-state index is 0.103. The van der Waals surface area contributed by atoms with Crippen LogP contribution in [-0.4, -0.2) is 54.7 Å². The molecule has 1 N–H and O–H groups in total. The first-order chi connectivity index (χ1) is 13.4. The number of allylic oxidation sites excluding steroid dienone is 1. The summed E-state index contributed by atoms with van der Waals surface area (Å²) in [6.45, 7) is 9.27. The maximum Gasteiger partial charge on any atom is 0.143 e.